The van der Waals surface area contributed by atoms with Crippen LogP contribution in [0, 0.1) is 0 Å². The number of hydrogen-bond acceptors (Lipinski definition) is 4. The van der Waals surface area contributed by atoms with E-state index in [4.69, 9.17) is 4.74 Å². The molecule has 1 fully saturated rings. The smallest absolute Gasteiger partial charge is 0.242 e. The number of rotatable bonds is 7. The fraction of sp³-hybridized carbons (Fsp3) is 0.391. The van der Waals surface area contributed by atoms with Crippen molar-refractivity contribution >= 4 is 17.6 Å². The van der Waals surface area contributed by atoms with Gasteiger partial charge in [0.1, 0.15) is 5.75 Å². The average molecular weight is 410 g/mol. The van der Waals surface area contributed by atoms with Crippen LogP contribution in [0.4, 0.5) is 5.69 Å². The molecule has 2 aromatic carbocycles. The van der Waals surface area contributed by atoms with Crippen molar-refractivity contribution in [3.63, 3.8) is 0 Å². The summed E-state index contributed by atoms with van der Waals surface area (Å²) >= 11 is 0. The van der Waals surface area contributed by atoms with Crippen LogP contribution in [0.2, 0.25) is 0 Å². The maximum Gasteiger partial charge on any atom is 0.242 e. The van der Waals surface area contributed by atoms with Crippen molar-refractivity contribution in [2.24, 2.45) is 4.99 Å². The molecule has 2 N–H and O–H groups in total. The van der Waals surface area contributed by atoms with Crippen molar-refractivity contribution in [3.05, 3.63) is 60.2 Å². The van der Waals surface area contributed by atoms with Gasteiger partial charge in [0.2, 0.25) is 5.91 Å². The summed E-state index contributed by atoms with van der Waals surface area (Å²) in [5.41, 5.74) is 2.26. The topological polar surface area (TPSA) is 69.2 Å². The number of aliphatic imine (C=N–C) groups is 1. The highest BCUT2D eigenvalue weighted by molar-refractivity contribution is 5.86. The number of piperazine rings is 1. The molecule has 0 unspecified atom stereocenters. The third-order valence-electron chi connectivity index (χ3n) is 5.06. The second-order valence-corrected chi connectivity index (χ2v) is 7.10. The van der Waals surface area contributed by atoms with Crippen molar-refractivity contribution in [3.8, 4) is 5.75 Å². The van der Waals surface area contributed by atoms with Crippen molar-refractivity contribution in [2.75, 3.05) is 51.3 Å². The first kappa shape index (κ1) is 21.5. The van der Waals surface area contributed by atoms with Gasteiger partial charge >= 0.3 is 0 Å². The molecule has 0 aromatic heterocycles. The number of nitrogens with one attached hydrogen (secondary N) is 2. The number of guanidine groups is 1. The summed E-state index contributed by atoms with van der Waals surface area (Å²) < 4.78 is 5.26. The summed E-state index contributed by atoms with van der Waals surface area (Å²) in [5, 5.41) is 6.36. The van der Waals surface area contributed by atoms with Gasteiger partial charge in [-0.3, -0.25) is 4.79 Å². The minimum atomic E-state index is 0.0923. The van der Waals surface area contributed by atoms with Gasteiger partial charge in [0, 0.05) is 38.4 Å². The minimum absolute atomic E-state index is 0.0923. The Morgan fingerprint density at radius 3 is 2.50 bits per heavy atom. The number of benzene rings is 2. The van der Waals surface area contributed by atoms with Crippen LogP contribution in [-0.4, -0.2) is 63.1 Å². The first-order chi connectivity index (χ1) is 14.7. The number of methoxy groups -OCH3 is 1. The zero-order chi connectivity index (χ0) is 21.2. The van der Waals surface area contributed by atoms with Crippen LogP contribution in [-0.2, 0) is 11.3 Å². The molecule has 0 saturated carbocycles. The van der Waals surface area contributed by atoms with Gasteiger partial charge in [-0.15, -0.1) is 0 Å². The number of nitrogens with zero attached hydrogens (tertiary/aromatic N) is 3. The molecule has 1 aliphatic heterocycles. The monoisotopic (exact) mass is 409 g/mol. The zero-order valence-electron chi connectivity index (χ0n) is 17.8. The predicted molar refractivity (Wildman–Crippen MR) is 121 cm³/mol. The maximum atomic E-state index is 12.7. The summed E-state index contributed by atoms with van der Waals surface area (Å²) in [4.78, 5) is 21.5. The summed E-state index contributed by atoms with van der Waals surface area (Å²) in [5.74, 6) is 1.54. The molecule has 2 aromatic rings. The highest BCUT2D eigenvalue weighted by atomic mass is 16.5. The predicted octanol–water partition coefficient (Wildman–Crippen LogP) is 2.10. The van der Waals surface area contributed by atoms with Gasteiger partial charge in [0.05, 0.1) is 20.2 Å². The molecule has 0 radical (unpaired) electrons. The van der Waals surface area contributed by atoms with Crippen LogP contribution < -0.4 is 20.3 Å². The van der Waals surface area contributed by atoms with E-state index in [0.29, 0.717) is 12.5 Å². The Hall–Kier alpha value is -3.22. The molecule has 0 bridgehead atoms. The van der Waals surface area contributed by atoms with Crippen molar-refractivity contribution in [1.82, 2.24) is 15.5 Å². The molecule has 7 nitrogen and oxygen atoms in total. The van der Waals surface area contributed by atoms with Crippen LogP contribution in [0.3, 0.4) is 0 Å². The Morgan fingerprint density at radius 2 is 1.80 bits per heavy atom. The summed E-state index contributed by atoms with van der Waals surface area (Å²) in [6, 6.07) is 18.2. The van der Waals surface area contributed by atoms with E-state index in [1.54, 1.807) is 7.11 Å². The lowest BCUT2D eigenvalue weighted by Gasteiger charge is -2.36. The lowest BCUT2D eigenvalue weighted by atomic mass is 10.2. The maximum absolute atomic E-state index is 12.7. The molecule has 7 heteroatoms. The normalized spacial score (nSPS) is 14.4. The van der Waals surface area contributed by atoms with E-state index in [-0.39, 0.29) is 12.5 Å². The lowest BCUT2D eigenvalue weighted by Crippen LogP contribution is -2.52. The molecule has 30 heavy (non-hydrogen) atoms. The van der Waals surface area contributed by atoms with Crippen molar-refractivity contribution in [2.45, 2.75) is 13.5 Å². The van der Waals surface area contributed by atoms with Gasteiger partial charge in [-0.2, -0.15) is 0 Å². The highest BCUT2D eigenvalue weighted by Crippen LogP contribution is 2.15. The molecule has 1 amide bonds. The highest BCUT2D eigenvalue weighted by Gasteiger charge is 2.21. The summed E-state index contributed by atoms with van der Waals surface area (Å²) in [6.45, 7) is 6.63. The Bertz CT molecular complexity index is 832. The number of ether oxygens (including phenoxy) is 1. The fourth-order valence-corrected chi connectivity index (χ4v) is 3.41. The molecule has 0 aliphatic carbocycles. The van der Waals surface area contributed by atoms with E-state index in [1.807, 2.05) is 54.3 Å². The molecular weight excluding hydrogens is 378 g/mol. The van der Waals surface area contributed by atoms with E-state index in [0.717, 1.165) is 44.0 Å². The minimum Gasteiger partial charge on any atom is -0.497 e. The molecule has 160 valence electrons. The third-order valence-corrected chi connectivity index (χ3v) is 5.06. The van der Waals surface area contributed by atoms with E-state index in [2.05, 4.69) is 32.7 Å². The first-order valence-corrected chi connectivity index (χ1v) is 10.4. The number of amides is 1. The molecule has 0 spiro atoms. The Kier molecular flexibility index (Phi) is 7.94. The van der Waals surface area contributed by atoms with Crippen LogP contribution in [0.5, 0.6) is 5.75 Å². The Labute approximate surface area is 178 Å². The van der Waals surface area contributed by atoms with Crippen LogP contribution >= 0.6 is 0 Å². The number of carbonyl (C=O) groups excluding carboxylic acids is 1. The van der Waals surface area contributed by atoms with Gasteiger partial charge in [-0.25, -0.2) is 4.99 Å². The van der Waals surface area contributed by atoms with E-state index in [9.17, 15) is 4.79 Å². The SMILES string of the molecule is CCNC(=NCc1cccc(OC)c1)NCC(=O)N1CCN(c2ccccc2)CC1. The average Bonchev–Trinajstić information content (AvgIpc) is 2.81. The molecule has 1 saturated heterocycles. The summed E-state index contributed by atoms with van der Waals surface area (Å²) in [7, 11) is 1.65. The molecule has 1 heterocycles. The Morgan fingerprint density at radius 1 is 1.03 bits per heavy atom. The largest absolute Gasteiger partial charge is 0.497 e. The van der Waals surface area contributed by atoms with E-state index in [1.165, 1.54) is 5.69 Å². The second-order valence-electron chi connectivity index (χ2n) is 7.10. The van der Waals surface area contributed by atoms with E-state index >= 15 is 0 Å². The van der Waals surface area contributed by atoms with Gasteiger partial charge in [-0.05, 0) is 36.8 Å². The van der Waals surface area contributed by atoms with Crippen LogP contribution in [0.25, 0.3) is 0 Å². The summed E-state index contributed by atoms with van der Waals surface area (Å²) in [6.07, 6.45) is 0. The van der Waals surface area contributed by atoms with Crippen molar-refractivity contribution < 1.29 is 9.53 Å². The lowest BCUT2D eigenvalue weighted by molar-refractivity contribution is -0.130. The standard InChI is InChI=1S/C23H31N5O2/c1-3-24-23(25-17-19-8-7-11-21(16-19)30-2)26-18-22(29)28-14-12-27(13-15-28)20-9-5-4-6-10-20/h4-11,16H,3,12-15,17-18H2,1-2H3,(H2,24,25,26). The van der Waals surface area contributed by atoms with Gasteiger partial charge in [0.15, 0.2) is 5.96 Å². The Balaban J connectivity index is 1.49. The molecular formula is C23H31N5O2. The quantitative estimate of drug-likeness (QED) is 0.541. The third kappa shape index (κ3) is 6.14. The van der Waals surface area contributed by atoms with Gasteiger partial charge < -0.3 is 25.2 Å². The van der Waals surface area contributed by atoms with Crippen LogP contribution in [0.1, 0.15) is 12.5 Å². The number of carbonyl (C=O) groups is 1. The van der Waals surface area contributed by atoms with Crippen molar-refractivity contribution in [1.29, 1.82) is 0 Å². The second kappa shape index (κ2) is 11.1. The zero-order valence-corrected chi connectivity index (χ0v) is 17.8. The first-order valence-electron chi connectivity index (χ1n) is 10.4. The van der Waals surface area contributed by atoms with Crippen LogP contribution in [0.15, 0.2) is 59.6 Å². The molecule has 0 atom stereocenters. The molecule has 1 aliphatic rings. The fourth-order valence-electron chi connectivity index (χ4n) is 3.41. The number of para-hydroxylation sites is 1. The van der Waals surface area contributed by atoms with Gasteiger partial charge in [0.25, 0.3) is 0 Å². The number of hydrogen-bond donors (Lipinski definition) is 2. The van der Waals surface area contributed by atoms with Gasteiger partial charge in [-0.1, -0.05) is 30.3 Å². The van der Waals surface area contributed by atoms with E-state index < -0.39 is 0 Å². The number of anilines is 1. The molecule has 3 rings (SSSR count).